The van der Waals surface area contributed by atoms with Crippen LogP contribution in [0, 0.1) is 11.7 Å². The molecule has 0 bridgehead atoms. The molecule has 0 aliphatic carbocycles. The van der Waals surface area contributed by atoms with Gasteiger partial charge in [0.15, 0.2) is 0 Å². The fourth-order valence-electron chi connectivity index (χ4n) is 1.55. The van der Waals surface area contributed by atoms with Crippen molar-refractivity contribution in [2.75, 3.05) is 0 Å². The van der Waals surface area contributed by atoms with Crippen molar-refractivity contribution in [3.63, 3.8) is 0 Å². The Morgan fingerprint density at radius 3 is 1.93 bits per heavy atom. The van der Waals surface area contributed by atoms with Crippen molar-refractivity contribution >= 4 is 0 Å². The first-order chi connectivity index (χ1) is 7.27. The van der Waals surface area contributed by atoms with Crippen molar-refractivity contribution in [1.82, 2.24) is 0 Å². The summed E-state index contributed by atoms with van der Waals surface area (Å²) >= 11 is 0. The number of hydrogen-bond donors (Lipinski definition) is 0. The minimum Gasteiger partial charge on any atom is -0.207 e. The quantitative estimate of drug-likeness (QED) is 0.689. The Hall–Kier alpha value is -1.63. The zero-order valence-corrected chi connectivity index (χ0v) is 8.57. The van der Waals surface area contributed by atoms with Crippen LogP contribution in [0.15, 0.2) is 54.6 Å². The van der Waals surface area contributed by atoms with E-state index in [4.69, 9.17) is 0 Å². The van der Waals surface area contributed by atoms with Crippen molar-refractivity contribution in [1.29, 1.82) is 0 Å². The maximum absolute atomic E-state index is 12.7. The van der Waals surface area contributed by atoms with Crippen LogP contribution >= 0.6 is 0 Å². The maximum Gasteiger partial charge on any atom is 0.123 e. The highest BCUT2D eigenvalue weighted by Crippen LogP contribution is 2.22. The zero-order chi connectivity index (χ0) is 10.7. The van der Waals surface area contributed by atoms with Gasteiger partial charge in [-0.25, -0.2) is 4.39 Å². The Morgan fingerprint density at radius 2 is 1.33 bits per heavy atom. The van der Waals surface area contributed by atoms with Crippen molar-refractivity contribution in [2.45, 2.75) is 6.92 Å². The van der Waals surface area contributed by atoms with Crippen LogP contribution in [0.2, 0.25) is 0 Å². The summed E-state index contributed by atoms with van der Waals surface area (Å²) in [5, 5.41) is 0. The molecule has 0 spiro atoms. The highest BCUT2D eigenvalue weighted by Gasteiger charge is 2.07. The molecule has 2 aromatic rings. The van der Waals surface area contributed by atoms with Crippen LogP contribution in [0.25, 0.3) is 0 Å². The van der Waals surface area contributed by atoms with Crippen molar-refractivity contribution in [2.24, 2.45) is 0 Å². The van der Waals surface area contributed by atoms with Crippen LogP contribution < -0.4 is 0 Å². The van der Waals surface area contributed by atoms with Gasteiger partial charge in [-0.15, -0.1) is 0 Å². The van der Waals surface area contributed by atoms with Crippen molar-refractivity contribution in [3.05, 3.63) is 77.5 Å². The molecule has 1 heteroatoms. The topological polar surface area (TPSA) is 0 Å². The summed E-state index contributed by atoms with van der Waals surface area (Å²) in [7, 11) is 0. The SMILES string of the molecule is C[C](c1ccccc1)c1ccc(F)cc1. The van der Waals surface area contributed by atoms with Gasteiger partial charge in [0.05, 0.1) is 0 Å². The summed E-state index contributed by atoms with van der Waals surface area (Å²) in [6.07, 6.45) is 0. The molecule has 0 unspecified atom stereocenters. The molecule has 0 saturated heterocycles. The third-order valence-corrected chi connectivity index (χ3v) is 2.48. The van der Waals surface area contributed by atoms with E-state index in [2.05, 4.69) is 12.1 Å². The van der Waals surface area contributed by atoms with Gasteiger partial charge in [-0.05, 0) is 23.3 Å². The number of hydrogen-bond acceptors (Lipinski definition) is 0. The smallest absolute Gasteiger partial charge is 0.123 e. The zero-order valence-electron chi connectivity index (χ0n) is 8.57. The van der Waals surface area contributed by atoms with E-state index in [1.54, 1.807) is 12.1 Å². The molecule has 0 N–H and O–H groups in total. The monoisotopic (exact) mass is 199 g/mol. The van der Waals surface area contributed by atoms with E-state index in [1.807, 2.05) is 25.1 Å². The minimum atomic E-state index is -0.195. The van der Waals surface area contributed by atoms with Gasteiger partial charge in [0.25, 0.3) is 0 Å². The standard InChI is InChI=1S/C14H12F/c1-11(12-5-3-2-4-6-12)13-7-9-14(15)10-8-13/h2-10H,1H3. The predicted molar refractivity (Wildman–Crippen MR) is 60.0 cm³/mol. The van der Waals surface area contributed by atoms with E-state index in [9.17, 15) is 4.39 Å². The average Bonchev–Trinajstić information content (AvgIpc) is 2.30. The second-order valence-electron chi connectivity index (χ2n) is 3.50. The fourth-order valence-corrected chi connectivity index (χ4v) is 1.55. The van der Waals surface area contributed by atoms with Crippen LogP contribution in [0.3, 0.4) is 0 Å². The summed E-state index contributed by atoms with van der Waals surface area (Å²) in [6.45, 7) is 2.04. The fraction of sp³-hybridized carbons (Fsp3) is 0.0714. The maximum atomic E-state index is 12.7. The third-order valence-electron chi connectivity index (χ3n) is 2.48. The molecule has 0 amide bonds. The van der Waals surface area contributed by atoms with Crippen molar-refractivity contribution < 1.29 is 4.39 Å². The number of halogens is 1. The second kappa shape index (κ2) is 4.26. The lowest BCUT2D eigenvalue weighted by molar-refractivity contribution is 0.627. The molecule has 1 radical (unpaired) electrons. The van der Waals surface area contributed by atoms with Crippen LogP contribution in [0.5, 0.6) is 0 Å². The predicted octanol–water partition coefficient (Wildman–Crippen LogP) is 3.82. The van der Waals surface area contributed by atoms with E-state index < -0.39 is 0 Å². The Morgan fingerprint density at radius 1 is 0.800 bits per heavy atom. The molecular weight excluding hydrogens is 187 g/mol. The highest BCUT2D eigenvalue weighted by molar-refractivity contribution is 5.43. The summed E-state index contributed by atoms with van der Waals surface area (Å²) in [4.78, 5) is 0. The lowest BCUT2D eigenvalue weighted by Crippen LogP contribution is -1.96. The number of benzene rings is 2. The molecule has 0 atom stereocenters. The molecule has 2 rings (SSSR count). The van der Waals surface area contributed by atoms with Gasteiger partial charge in [0.2, 0.25) is 0 Å². The van der Waals surface area contributed by atoms with Gasteiger partial charge in [-0.3, -0.25) is 0 Å². The van der Waals surface area contributed by atoms with E-state index in [-0.39, 0.29) is 5.82 Å². The molecule has 75 valence electrons. The van der Waals surface area contributed by atoms with E-state index in [0.29, 0.717) is 0 Å². The summed E-state index contributed by atoms with van der Waals surface area (Å²) in [5.41, 5.74) is 2.23. The molecule has 0 aromatic heterocycles. The summed E-state index contributed by atoms with van der Waals surface area (Å²) in [5.74, 6) is 0.968. The summed E-state index contributed by atoms with van der Waals surface area (Å²) < 4.78 is 12.7. The van der Waals surface area contributed by atoms with Crippen LogP contribution in [0.4, 0.5) is 4.39 Å². The van der Waals surface area contributed by atoms with Gasteiger partial charge in [0, 0.05) is 5.92 Å². The summed E-state index contributed by atoms with van der Waals surface area (Å²) in [6, 6.07) is 16.7. The van der Waals surface area contributed by atoms with Crippen LogP contribution in [-0.2, 0) is 0 Å². The molecule has 0 saturated carbocycles. The lowest BCUT2D eigenvalue weighted by Gasteiger charge is -2.11. The first-order valence-corrected chi connectivity index (χ1v) is 4.92. The molecule has 0 nitrogen and oxygen atoms in total. The van der Waals surface area contributed by atoms with E-state index in [1.165, 1.54) is 17.7 Å². The highest BCUT2D eigenvalue weighted by atomic mass is 19.1. The number of rotatable bonds is 2. The first-order valence-electron chi connectivity index (χ1n) is 4.92. The molecule has 15 heavy (non-hydrogen) atoms. The normalized spacial score (nSPS) is 10.6. The molecular formula is C14H12F. The van der Waals surface area contributed by atoms with E-state index in [0.717, 1.165) is 11.5 Å². The molecule has 0 aliphatic heterocycles. The van der Waals surface area contributed by atoms with Gasteiger partial charge in [0.1, 0.15) is 5.82 Å². The Labute approximate surface area is 89.4 Å². The Balaban J connectivity index is 2.29. The molecule has 0 heterocycles. The van der Waals surface area contributed by atoms with Gasteiger partial charge in [-0.1, -0.05) is 49.4 Å². The molecule has 0 aliphatic rings. The minimum absolute atomic E-state index is 0.195. The second-order valence-corrected chi connectivity index (χ2v) is 3.50. The molecule has 0 fully saturated rings. The van der Waals surface area contributed by atoms with Gasteiger partial charge in [-0.2, -0.15) is 0 Å². The average molecular weight is 199 g/mol. The lowest BCUT2D eigenvalue weighted by atomic mass is 9.93. The Kier molecular flexibility index (Phi) is 2.82. The van der Waals surface area contributed by atoms with Gasteiger partial charge >= 0.3 is 0 Å². The Bertz CT molecular complexity index is 417. The van der Waals surface area contributed by atoms with Crippen molar-refractivity contribution in [3.8, 4) is 0 Å². The molecule has 2 aromatic carbocycles. The van der Waals surface area contributed by atoms with Crippen LogP contribution in [-0.4, -0.2) is 0 Å². The van der Waals surface area contributed by atoms with Crippen LogP contribution in [0.1, 0.15) is 18.1 Å². The third kappa shape index (κ3) is 2.24. The first kappa shape index (κ1) is 9.91. The van der Waals surface area contributed by atoms with E-state index >= 15 is 0 Å². The van der Waals surface area contributed by atoms with Gasteiger partial charge < -0.3 is 0 Å². The largest absolute Gasteiger partial charge is 0.207 e.